The van der Waals surface area contributed by atoms with E-state index in [1.165, 1.54) is 18.3 Å². The van der Waals surface area contributed by atoms with Crippen molar-refractivity contribution >= 4 is 46.7 Å². The number of amides is 3. The Balaban J connectivity index is 1.41. The van der Waals surface area contributed by atoms with Crippen LogP contribution in [0.5, 0.6) is 0 Å². The van der Waals surface area contributed by atoms with Gasteiger partial charge in [-0.05, 0) is 81.8 Å². The average Bonchev–Trinajstić information content (AvgIpc) is 3.17. The summed E-state index contributed by atoms with van der Waals surface area (Å²) in [7, 11) is 0. The molecule has 1 fully saturated rings. The van der Waals surface area contributed by atoms with Gasteiger partial charge in [-0.25, -0.2) is 14.2 Å². The number of pyridine rings is 1. The van der Waals surface area contributed by atoms with Gasteiger partial charge >= 0.3 is 6.09 Å². The number of ether oxygens (including phenoxy) is 1. The summed E-state index contributed by atoms with van der Waals surface area (Å²) in [5, 5.41) is 5.67. The maximum atomic E-state index is 14.0. The quantitative estimate of drug-likeness (QED) is 0.402. The van der Waals surface area contributed by atoms with E-state index in [1.54, 1.807) is 23.1 Å². The molecule has 2 N–H and O–H groups in total. The molecular formula is C29H31ClFN5O4. The number of rotatable bonds is 5. The summed E-state index contributed by atoms with van der Waals surface area (Å²) < 4.78 is 19.5. The monoisotopic (exact) mass is 567 g/mol. The van der Waals surface area contributed by atoms with E-state index < -0.39 is 23.2 Å². The zero-order valence-electron chi connectivity index (χ0n) is 22.5. The highest BCUT2D eigenvalue weighted by atomic mass is 35.5. The SMILES string of the molecule is CC(C)(C)OC(=O)N1CCCN(c2ccc(C(=O)Nc3ccc(F)cc3C(=O)Nc3ccc(Cl)cn3)cc2)CC1. The van der Waals surface area contributed by atoms with Gasteiger partial charge in [-0.15, -0.1) is 0 Å². The number of carbonyl (C=O) groups excluding carboxylic acids is 3. The van der Waals surface area contributed by atoms with Gasteiger partial charge in [0, 0.05) is 43.6 Å². The molecule has 1 saturated heterocycles. The second-order valence-corrected chi connectivity index (χ2v) is 10.8. The summed E-state index contributed by atoms with van der Waals surface area (Å²) in [6.07, 6.45) is 1.83. The van der Waals surface area contributed by atoms with Crippen molar-refractivity contribution in [1.82, 2.24) is 9.88 Å². The lowest BCUT2D eigenvalue weighted by Crippen LogP contribution is -2.39. The molecule has 1 aliphatic rings. The molecule has 1 aliphatic heterocycles. The smallest absolute Gasteiger partial charge is 0.410 e. The fourth-order valence-electron chi connectivity index (χ4n) is 4.15. The highest BCUT2D eigenvalue weighted by Crippen LogP contribution is 2.22. The molecule has 2 heterocycles. The minimum absolute atomic E-state index is 0.0548. The molecule has 0 saturated carbocycles. The number of halogens is 2. The van der Waals surface area contributed by atoms with Gasteiger partial charge in [-0.2, -0.15) is 0 Å². The Hall–Kier alpha value is -4.18. The van der Waals surface area contributed by atoms with Crippen molar-refractivity contribution in [2.24, 2.45) is 0 Å². The van der Waals surface area contributed by atoms with Crippen LogP contribution in [0.3, 0.4) is 0 Å². The maximum absolute atomic E-state index is 14.0. The summed E-state index contributed by atoms with van der Waals surface area (Å²) in [5.41, 5.74) is 0.827. The molecule has 40 heavy (non-hydrogen) atoms. The standard InChI is InChI=1S/C29H31ClFN5O4/c1-29(2,3)40-28(39)36-14-4-13-35(15-16-36)22-9-5-19(6-10-22)26(37)33-24-11-8-21(31)17-23(24)27(38)34-25-12-7-20(30)18-32-25/h5-12,17-18H,4,13-16H2,1-3H3,(H,33,37)(H,32,34,38). The van der Waals surface area contributed by atoms with Crippen LogP contribution >= 0.6 is 11.6 Å². The van der Waals surface area contributed by atoms with Gasteiger partial charge < -0.3 is 25.2 Å². The number of aromatic nitrogens is 1. The van der Waals surface area contributed by atoms with E-state index in [-0.39, 0.29) is 23.2 Å². The molecule has 0 atom stereocenters. The van der Waals surface area contributed by atoms with Crippen molar-refractivity contribution in [3.05, 3.63) is 82.8 Å². The van der Waals surface area contributed by atoms with Crippen molar-refractivity contribution in [1.29, 1.82) is 0 Å². The Morgan fingerprint density at radius 3 is 2.35 bits per heavy atom. The van der Waals surface area contributed by atoms with E-state index >= 15 is 0 Å². The Bertz CT molecular complexity index is 1380. The van der Waals surface area contributed by atoms with Crippen molar-refractivity contribution < 1.29 is 23.5 Å². The van der Waals surface area contributed by atoms with Gasteiger partial charge in [0.25, 0.3) is 11.8 Å². The van der Waals surface area contributed by atoms with Crippen LogP contribution < -0.4 is 15.5 Å². The molecule has 1 aromatic heterocycles. The predicted octanol–water partition coefficient (Wildman–Crippen LogP) is 5.83. The predicted molar refractivity (Wildman–Crippen MR) is 153 cm³/mol. The largest absolute Gasteiger partial charge is 0.444 e. The molecule has 4 rings (SSSR count). The average molecular weight is 568 g/mol. The van der Waals surface area contributed by atoms with Crippen LogP contribution in [0.2, 0.25) is 5.02 Å². The minimum Gasteiger partial charge on any atom is -0.444 e. The van der Waals surface area contributed by atoms with Gasteiger partial charge in [-0.3, -0.25) is 9.59 Å². The van der Waals surface area contributed by atoms with Crippen LogP contribution in [0, 0.1) is 5.82 Å². The molecule has 3 aromatic rings. The second kappa shape index (κ2) is 12.3. The lowest BCUT2D eigenvalue weighted by Gasteiger charge is -2.27. The van der Waals surface area contributed by atoms with Crippen LogP contribution in [-0.4, -0.2) is 59.6 Å². The summed E-state index contributed by atoms with van der Waals surface area (Å²) >= 11 is 5.83. The highest BCUT2D eigenvalue weighted by molar-refractivity contribution is 6.30. The first-order valence-corrected chi connectivity index (χ1v) is 13.2. The summed E-state index contributed by atoms with van der Waals surface area (Å²) in [6, 6.07) is 13.7. The minimum atomic E-state index is -0.637. The van der Waals surface area contributed by atoms with Gasteiger partial charge in [0.15, 0.2) is 0 Å². The van der Waals surface area contributed by atoms with E-state index in [2.05, 4.69) is 20.5 Å². The van der Waals surface area contributed by atoms with E-state index in [0.717, 1.165) is 30.8 Å². The number of nitrogens with zero attached hydrogens (tertiary/aromatic N) is 3. The van der Waals surface area contributed by atoms with Gasteiger partial charge in [0.2, 0.25) is 0 Å². The van der Waals surface area contributed by atoms with Gasteiger partial charge in [0.1, 0.15) is 17.2 Å². The van der Waals surface area contributed by atoms with Crippen LogP contribution in [0.15, 0.2) is 60.8 Å². The van der Waals surface area contributed by atoms with Crippen LogP contribution in [-0.2, 0) is 4.74 Å². The number of hydrogen-bond donors (Lipinski definition) is 2. The van der Waals surface area contributed by atoms with Crippen molar-refractivity contribution in [3.63, 3.8) is 0 Å². The number of carbonyl (C=O) groups is 3. The Labute approximate surface area is 237 Å². The first kappa shape index (κ1) is 28.8. The van der Waals surface area contributed by atoms with Crippen molar-refractivity contribution in [2.75, 3.05) is 41.7 Å². The molecule has 0 radical (unpaired) electrons. The molecule has 11 heteroatoms. The number of hydrogen-bond acceptors (Lipinski definition) is 6. The van der Waals surface area contributed by atoms with Crippen LogP contribution in [0.25, 0.3) is 0 Å². The van der Waals surface area contributed by atoms with Gasteiger partial charge in [0.05, 0.1) is 16.3 Å². The van der Waals surface area contributed by atoms with E-state index in [1.807, 2.05) is 32.9 Å². The third kappa shape index (κ3) is 7.69. The summed E-state index contributed by atoms with van der Waals surface area (Å²) in [5.74, 6) is -1.49. The lowest BCUT2D eigenvalue weighted by atomic mass is 10.1. The molecule has 0 spiro atoms. The first-order valence-electron chi connectivity index (χ1n) is 12.9. The Morgan fingerprint density at radius 2 is 1.68 bits per heavy atom. The van der Waals surface area contributed by atoms with Crippen molar-refractivity contribution in [3.8, 4) is 0 Å². The van der Waals surface area contributed by atoms with Crippen molar-refractivity contribution in [2.45, 2.75) is 32.8 Å². The number of benzene rings is 2. The lowest BCUT2D eigenvalue weighted by molar-refractivity contribution is 0.0263. The summed E-state index contributed by atoms with van der Waals surface area (Å²) in [6.45, 7) is 8.04. The molecule has 9 nitrogen and oxygen atoms in total. The second-order valence-electron chi connectivity index (χ2n) is 10.3. The topological polar surface area (TPSA) is 104 Å². The molecule has 0 aliphatic carbocycles. The molecular weight excluding hydrogens is 537 g/mol. The zero-order chi connectivity index (χ0) is 28.9. The molecule has 3 amide bonds. The number of anilines is 3. The van der Waals surface area contributed by atoms with Crippen LogP contribution in [0.4, 0.5) is 26.4 Å². The normalized spacial score (nSPS) is 13.8. The fraction of sp³-hybridized carbons (Fsp3) is 0.310. The van der Waals surface area contributed by atoms with Gasteiger partial charge in [-0.1, -0.05) is 11.6 Å². The first-order chi connectivity index (χ1) is 19.0. The fourth-order valence-corrected chi connectivity index (χ4v) is 4.26. The summed E-state index contributed by atoms with van der Waals surface area (Å²) in [4.78, 5) is 46.2. The third-order valence-corrected chi connectivity index (χ3v) is 6.31. The molecule has 210 valence electrons. The Kier molecular flexibility index (Phi) is 8.89. The molecule has 0 bridgehead atoms. The Morgan fingerprint density at radius 1 is 0.925 bits per heavy atom. The van der Waals surface area contributed by atoms with E-state index in [0.29, 0.717) is 30.2 Å². The number of nitrogens with one attached hydrogen (secondary N) is 2. The third-order valence-electron chi connectivity index (χ3n) is 6.09. The molecule has 0 unspecified atom stereocenters. The van der Waals surface area contributed by atoms with E-state index in [9.17, 15) is 18.8 Å². The van der Waals surface area contributed by atoms with E-state index in [4.69, 9.17) is 16.3 Å². The highest BCUT2D eigenvalue weighted by Gasteiger charge is 2.25. The maximum Gasteiger partial charge on any atom is 0.410 e. The molecule has 2 aromatic carbocycles. The zero-order valence-corrected chi connectivity index (χ0v) is 23.3. The van der Waals surface area contributed by atoms with Crippen LogP contribution in [0.1, 0.15) is 47.9 Å².